The van der Waals surface area contributed by atoms with Crippen molar-refractivity contribution in [3.63, 3.8) is 0 Å². The van der Waals surface area contributed by atoms with Crippen LogP contribution in [0.25, 0.3) is 0 Å². The van der Waals surface area contributed by atoms with Crippen LogP contribution in [0.1, 0.15) is 38.1 Å². The molecule has 0 unspecified atom stereocenters. The standard InChI is InChI=1S/C24H34N6O2S/c31-22(28-15-13-27(14-16-28)17-18-32-21-7-3-1-4-8-21)19-33-24-26-25-23(30(24)20-9-10-20)29-11-5-2-6-12-29/h1,3-4,7-8,20H,2,5-6,9-19H2. The maximum Gasteiger partial charge on any atom is 0.233 e. The van der Waals surface area contributed by atoms with E-state index in [-0.39, 0.29) is 5.91 Å². The SMILES string of the molecule is O=C(CSc1nnc(N2CCCCC2)n1C1CC1)N1CCN(CCOc2ccccc2)CC1. The molecule has 0 radical (unpaired) electrons. The number of piperazine rings is 1. The normalized spacial score (nSPS) is 19.6. The van der Waals surface area contributed by atoms with Gasteiger partial charge >= 0.3 is 0 Å². The van der Waals surface area contributed by atoms with Crippen LogP contribution in [0.2, 0.25) is 0 Å². The van der Waals surface area contributed by atoms with E-state index in [1.807, 2.05) is 35.2 Å². The molecule has 178 valence electrons. The predicted molar refractivity (Wildman–Crippen MR) is 130 cm³/mol. The third kappa shape index (κ3) is 5.81. The quantitative estimate of drug-likeness (QED) is 0.522. The molecule has 1 aromatic carbocycles. The van der Waals surface area contributed by atoms with E-state index in [4.69, 9.17) is 4.74 Å². The van der Waals surface area contributed by atoms with Crippen LogP contribution in [-0.4, -0.2) is 88.6 Å². The van der Waals surface area contributed by atoms with E-state index in [1.165, 1.54) is 32.1 Å². The van der Waals surface area contributed by atoms with Gasteiger partial charge in [0, 0.05) is 51.9 Å². The maximum atomic E-state index is 12.9. The highest BCUT2D eigenvalue weighted by atomic mass is 32.2. The number of ether oxygens (including phenoxy) is 1. The number of piperidine rings is 1. The van der Waals surface area contributed by atoms with Gasteiger partial charge in [-0.05, 0) is 44.2 Å². The van der Waals surface area contributed by atoms with Crippen molar-refractivity contribution in [1.82, 2.24) is 24.6 Å². The van der Waals surface area contributed by atoms with Gasteiger partial charge in [0.2, 0.25) is 11.9 Å². The zero-order valence-corrected chi connectivity index (χ0v) is 20.1. The Balaban J connectivity index is 1.07. The first-order valence-electron chi connectivity index (χ1n) is 12.3. The molecule has 3 aliphatic rings. The molecule has 1 aromatic heterocycles. The highest BCUT2D eigenvalue weighted by Gasteiger charge is 2.32. The van der Waals surface area contributed by atoms with E-state index in [0.29, 0.717) is 18.4 Å². The fourth-order valence-corrected chi connectivity index (χ4v) is 5.48. The minimum atomic E-state index is 0.199. The molecule has 1 aliphatic carbocycles. The van der Waals surface area contributed by atoms with E-state index in [0.717, 1.165) is 62.7 Å². The van der Waals surface area contributed by atoms with Gasteiger partial charge in [-0.15, -0.1) is 10.2 Å². The van der Waals surface area contributed by atoms with Crippen molar-refractivity contribution in [3.05, 3.63) is 30.3 Å². The summed E-state index contributed by atoms with van der Waals surface area (Å²) in [6.45, 7) is 7.03. The van der Waals surface area contributed by atoms with E-state index >= 15 is 0 Å². The summed E-state index contributed by atoms with van der Waals surface area (Å²) in [5.41, 5.74) is 0. The van der Waals surface area contributed by atoms with Crippen LogP contribution >= 0.6 is 11.8 Å². The van der Waals surface area contributed by atoms with Gasteiger partial charge in [-0.2, -0.15) is 0 Å². The van der Waals surface area contributed by atoms with Crippen molar-refractivity contribution in [2.75, 3.05) is 63.1 Å². The van der Waals surface area contributed by atoms with Gasteiger partial charge in [-0.3, -0.25) is 14.3 Å². The van der Waals surface area contributed by atoms with E-state index in [9.17, 15) is 4.79 Å². The largest absolute Gasteiger partial charge is 0.492 e. The molecular weight excluding hydrogens is 436 g/mol. The second-order valence-electron chi connectivity index (χ2n) is 9.10. The molecular formula is C24H34N6O2S. The Morgan fingerprint density at radius 2 is 1.73 bits per heavy atom. The van der Waals surface area contributed by atoms with E-state index in [2.05, 4.69) is 24.6 Å². The van der Waals surface area contributed by atoms with Crippen molar-refractivity contribution >= 4 is 23.6 Å². The predicted octanol–water partition coefficient (Wildman–Crippen LogP) is 2.92. The van der Waals surface area contributed by atoms with Gasteiger partial charge in [0.05, 0.1) is 5.75 Å². The van der Waals surface area contributed by atoms with Crippen LogP contribution in [0.15, 0.2) is 35.5 Å². The Kier molecular flexibility index (Phi) is 7.36. The molecule has 8 nitrogen and oxygen atoms in total. The van der Waals surface area contributed by atoms with Gasteiger partial charge in [0.25, 0.3) is 0 Å². The zero-order chi connectivity index (χ0) is 22.5. The molecule has 2 saturated heterocycles. The van der Waals surface area contributed by atoms with Gasteiger partial charge < -0.3 is 14.5 Å². The van der Waals surface area contributed by atoms with Gasteiger partial charge in [0.15, 0.2) is 5.16 Å². The molecule has 5 rings (SSSR count). The van der Waals surface area contributed by atoms with Crippen LogP contribution in [0.5, 0.6) is 5.75 Å². The Hall–Kier alpha value is -2.26. The fourth-order valence-electron chi connectivity index (χ4n) is 4.58. The highest BCUT2D eigenvalue weighted by molar-refractivity contribution is 7.99. The number of carbonyl (C=O) groups is 1. The van der Waals surface area contributed by atoms with Crippen molar-refractivity contribution in [2.24, 2.45) is 0 Å². The molecule has 1 saturated carbocycles. The average Bonchev–Trinajstić information content (AvgIpc) is 3.62. The number of rotatable bonds is 9. The van der Waals surface area contributed by atoms with Crippen molar-refractivity contribution in [2.45, 2.75) is 43.3 Å². The number of nitrogens with zero attached hydrogens (tertiary/aromatic N) is 6. The Morgan fingerprint density at radius 1 is 0.970 bits per heavy atom. The smallest absolute Gasteiger partial charge is 0.233 e. The molecule has 1 amide bonds. The van der Waals surface area contributed by atoms with Crippen molar-refractivity contribution < 1.29 is 9.53 Å². The summed E-state index contributed by atoms with van der Waals surface area (Å²) in [6, 6.07) is 10.4. The highest BCUT2D eigenvalue weighted by Crippen LogP contribution is 2.41. The molecule has 0 spiro atoms. The van der Waals surface area contributed by atoms with Crippen LogP contribution < -0.4 is 9.64 Å². The van der Waals surface area contributed by atoms with Crippen LogP contribution in [0.4, 0.5) is 5.95 Å². The number of thioether (sulfide) groups is 1. The molecule has 3 fully saturated rings. The number of hydrogen-bond acceptors (Lipinski definition) is 7. The molecule has 2 aromatic rings. The third-order valence-corrected chi connectivity index (χ3v) is 7.59. The third-order valence-electron chi connectivity index (χ3n) is 6.67. The van der Waals surface area contributed by atoms with Gasteiger partial charge in [-0.25, -0.2) is 0 Å². The summed E-state index contributed by atoms with van der Waals surface area (Å²) in [5, 5.41) is 9.91. The summed E-state index contributed by atoms with van der Waals surface area (Å²) in [5.74, 6) is 2.55. The molecule has 33 heavy (non-hydrogen) atoms. The number of hydrogen-bond donors (Lipinski definition) is 0. The fraction of sp³-hybridized carbons (Fsp3) is 0.625. The molecule has 0 atom stereocenters. The monoisotopic (exact) mass is 470 g/mol. The Morgan fingerprint density at radius 3 is 2.45 bits per heavy atom. The maximum absolute atomic E-state index is 12.9. The van der Waals surface area contributed by atoms with Gasteiger partial charge in [-0.1, -0.05) is 30.0 Å². The zero-order valence-electron chi connectivity index (χ0n) is 19.3. The summed E-state index contributed by atoms with van der Waals surface area (Å²) in [6.07, 6.45) is 6.13. The lowest BCUT2D eigenvalue weighted by molar-refractivity contribution is -0.130. The first kappa shape index (κ1) is 22.5. The summed E-state index contributed by atoms with van der Waals surface area (Å²) < 4.78 is 8.11. The molecule has 0 bridgehead atoms. The number of aromatic nitrogens is 3. The van der Waals surface area contributed by atoms with Gasteiger partial charge in [0.1, 0.15) is 12.4 Å². The van der Waals surface area contributed by atoms with Crippen molar-refractivity contribution in [3.8, 4) is 5.75 Å². The second-order valence-corrected chi connectivity index (χ2v) is 10.0. The minimum absolute atomic E-state index is 0.199. The van der Waals surface area contributed by atoms with Crippen LogP contribution in [0.3, 0.4) is 0 Å². The van der Waals surface area contributed by atoms with Crippen LogP contribution in [0, 0.1) is 0 Å². The lowest BCUT2D eigenvalue weighted by atomic mass is 10.1. The second kappa shape index (κ2) is 10.8. The lowest BCUT2D eigenvalue weighted by Gasteiger charge is -2.34. The minimum Gasteiger partial charge on any atom is -0.492 e. The summed E-state index contributed by atoms with van der Waals surface area (Å²) in [7, 11) is 0. The number of benzene rings is 1. The molecule has 0 N–H and O–H groups in total. The van der Waals surface area contributed by atoms with Crippen LogP contribution in [-0.2, 0) is 4.79 Å². The van der Waals surface area contributed by atoms with E-state index < -0.39 is 0 Å². The number of para-hydroxylation sites is 1. The summed E-state index contributed by atoms with van der Waals surface area (Å²) >= 11 is 1.55. The molecule has 2 aliphatic heterocycles. The molecule has 9 heteroatoms. The summed E-state index contributed by atoms with van der Waals surface area (Å²) in [4.78, 5) is 19.6. The van der Waals surface area contributed by atoms with E-state index in [1.54, 1.807) is 11.8 Å². The first-order valence-corrected chi connectivity index (χ1v) is 13.3. The molecule has 3 heterocycles. The number of carbonyl (C=O) groups excluding carboxylic acids is 1. The number of amides is 1. The average molecular weight is 471 g/mol. The lowest BCUT2D eigenvalue weighted by Crippen LogP contribution is -2.50. The topological polar surface area (TPSA) is 66.7 Å². The van der Waals surface area contributed by atoms with Crippen molar-refractivity contribution in [1.29, 1.82) is 0 Å². The number of anilines is 1. The Labute approximate surface area is 200 Å². The Bertz CT molecular complexity index is 905. The first-order chi connectivity index (χ1) is 16.3.